The molecule has 80 valence electrons. The van der Waals surface area contributed by atoms with Gasteiger partial charge < -0.3 is 5.32 Å². The molecule has 1 aliphatic heterocycles. The first kappa shape index (κ1) is 10.4. The van der Waals surface area contributed by atoms with Crippen LogP contribution in [0.25, 0.3) is 0 Å². The fraction of sp³-hybridized carbons (Fsp3) is 0.444. The molecule has 1 aromatic rings. The zero-order chi connectivity index (χ0) is 11.1. The summed E-state index contributed by atoms with van der Waals surface area (Å²) >= 11 is 3.15. The maximum atomic E-state index is 11.6. The molecule has 1 aromatic heterocycles. The van der Waals surface area contributed by atoms with Gasteiger partial charge in [0.2, 0.25) is 0 Å². The van der Waals surface area contributed by atoms with E-state index in [9.17, 15) is 4.79 Å². The van der Waals surface area contributed by atoms with Crippen molar-refractivity contribution in [3.05, 3.63) is 17.1 Å². The number of aromatic nitrogens is 2. The third kappa shape index (κ3) is 2.09. The smallest absolute Gasteiger partial charge is 0.322 e. The molecule has 2 heterocycles. The number of anilines is 1. The van der Waals surface area contributed by atoms with E-state index < -0.39 is 0 Å². The minimum Gasteiger partial charge on any atom is -0.331 e. The number of nitrogens with zero attached hydrogens (tertiary/aromatic N) is 3. The van der Waals surface area contributed by atoms with Crippen molar-refractivity contribution in [1.29, 1.82) is 0 Å². The van der Waals surface area contributed by atoms with Crippen molar-refractivity contribution in [3.63, 3.8) is 0 Å². The number of carbonyl (C=O) groups excluding carboxylic acids is 1. The quantitative estimate of drug-likeness (QED) is 0.788. The molecule has 1 aliphatic rings. The van der Waals surface area contributed by atoms with Gasteiger partial charge in [-0.15, -0.1) is 0 Å². The van der Waals surface area contributed by atoms with E-state index in [0.717, 1.165) is 0 Å². The van der Waals surface area contributed by atoms with E-state index in [2.05, 4.69) is 31.2 Å². The standard InChI is InChI=1S/C9H11BrN4O/c1-9(2)5-14(8(15)13-9)6-3-11-7(10)12-4-6/h3-4H,5H2,1-2H3,(H,13,15). The van der Waals surface area contributed by atoms with Crippen LogP contribution in [0.3, 0.4) is 0 Å². The summed E-state index contributed by atoms with van der Waals surface area (Å²) < 4.78 is 0.519. The topological polar surface area (TPSA) is 58.1 Å². The minimum absolute atomic E-state index is 0.106. The molecule has 0 aromatic carbocycles. The lowest BCUT2D eigenvalue weighted by atomic mass is 10.1. The molecule has 0 unspecified atom stereocenters. The zero-order valence-corrected chi connectivity index (χ0v) is 10.1. The number of halogens is 1. The van der Waals surface area contributed by atoms with Crippen LogP contribution in [0.15, 0.2) is 17.1 Å². The lowest BCUT2D eigenvalue weighted by Crippen LogP contribution is -2.36. The second-order valence-corrected chi connectivity index (χ2v) is 4.82. The highest BCUT2D eigenvalue weighted by Gasteiger charge is 2.35. The molecule has 6 heteroatoms. The van der Waals surface area contributed by atoms with Crippen LogP contribution in [-0.2, 0) is 0 Å². The van der Waals surface area contributed by atoms with Crippen LogP contribution in [0.2, 0.25) is 0 Å². The number of rotatable bonds is 1. The molecule has 0 radical (unpaired) electrons. The van der Waals surface area contributed by atoms with Crippen molar-refractivity contribution in [1.82, 2.24) is 15.3 Å². The summed E-state index contributed by atoms with van der Waals surface area (Å²) in [5.74, 6) is 0. The average Bonchev–Trinajstić information content (AvgIpc) is 2.41. The maximum Gasteiger partial charge on any atom is 0.322 e. The van der Waals surface area contributed by atoms with Gasteiger partial charge in [-0.1, -0.05) is 0 Å². The lowest BCUT2D eigenvalue weighted by Gasteiger charge is -2.17. The Bertz CT molecular complexity index is 390. The van der Waals surface area contributed by atoms with Gasteiger partial charge in [-0.2, -0.15) is 0 Å². The van der Waals surface area contributed by atoms with E-state index in [1.807, 2.05) is 13.8 Å². The SMILES string of the molecule is CC1(C)CN(c2cnc(Br)nc2)C(=O)N1. The second kappa shape index (κ2) is 3.44. The summed E-state index contributed by atoms with van der Waals surface area (Å²) in [5.41, 5.74) is 0.505. The van der Waals surface area contributed by atoms with Crippen LogP contribution in [0.5, 0.6) is 0 Å². The van der Waals surface area contributed by atoms with Gasteiger partial charge in [-0.3, -0.25) is 4.90 Å². The van der Waals surface area contributed by atoms with Gasteiger partial charge in [0.15, 0.2) is 4.73 Å². The number of carbonyl (C=O) groups is 1. The van der Waals surface area contributed by atoms with Gasteiger partial charge in [0.05, 0.1) is 30.2 Å². The fourth-order valence-corrected chi connectivity index (χ4v) is 1.72. The Balaban J connectivity index is 2.25. The predicted octanol–water partition coefficient (Wildman–Crippen LogP) is 1.55. The van der Waals surface area contributed by atoms with Crippen molar-refractivity contribution < 1.29 is 4.79 Å². The molecule has 0 atom stereocenters. The minimum atomic E-state index is -0.204. The van der Waals surface area contributed by atoms with E-state index >= 15 is 0 Å². The largest absolute Gasteiger partial charge is 0.331 e. The Morgan fingerprint density at radius 3 is 2.53 bits per heavy atom. The summed E-state index contributed by atoms with van der Waals surface area (Å²) in [6.07, 6.45) is 3.25. The molecule has 0 spiro atoms. The summed E-state index contributed by atoms with van der Waals surface area (Å²) in [6, 6.07) is -0.106. The first-order valence-electron chi connectivity index (χ1n) is 4.55. The Hall–Kier alpha value is -1.17. The molecule has 1 N–H and O–H groups in total. The molecule has 1 fully saturated rings. The molecule has 5 nitrogen and oxygen atoms in total. The number of urea groups is 1. The maximum absolute atomic E-state index is 11.6. The summed E-state index contributed by atoms with van der Waals surface area (Å²) in [6.45, 7) is 4.58. The fourth-order valence-electron chi connectivity index (χ4n) is 1.52. The Morgan fingerprint density at radius 1 is 1.47 bits per heavy atom. The first-order chi connectivity index (χ1) is 6.98. The molecule has 2 amide bonds. The Labute approximate surface area is 96.0 Å². The zero-order valence-electron chi connectivity index (χ0n) is 8.49. The van der Waals surface area contributed by atoms with E-state index in [4.69, 9.17) is 0 Å². The molecule has 0 aliphatic carbocycles. The predicted molar refractivity (Wildman–Crippen MR) is 59.7 cm³/mol. The van der Waals surface area contributed by atoms with Crippen molar-refractivity contribution in [2.75, 3.05) is 11.4 Å². The number of amides is 2. The molecular formula is C9H11BrN4O. The van der Waals surface area contributed by atoms with Gasteiger partial charge in [0, 0.05) is 0 Å². The van der Waals surface area contributed by atoms with E-state index in [1.165, 1.54) is 0 Å². The van der Waals surface area contributed by atoms with Crippen LogP contribution >= 0.6 is 15.9 Å². The van der Waals surface area contributed by atoms with E-state index in [-0.39, 0.29) is 11.6 Å². The van der Waals surface area contributed by atoms with Crippen molar-refractivity contribution in [3.8, 4) is 0 Å². The monoisotopic (exact) mass is 270 g/mol. The first-order valence-corrected chi connectivity index (χ1v) is 5.34. The van der Waals surface area contributed by atoms with Crippen LogP contribution in [0, 0.1) is 0 Å². The van der Waals surface area contributed by atoms with Crippen molar-refractivity contribution >= 4 is 27.6 Å². The molecule has 0 saturated carbocycles. The van der Waals surface area contributed by atoms with Gasteiger partial charge in [0.25, 0.3) is 0 Å². The third-order valence-corrected chi connectivity index (χ3v) is 2.57. The Kier molecular flexibility index (Phi) is 2.38. The van der Waals surface area contributed by atoms with Crippen molar-refractivity contribution in [2.45, 2.75) is 19.4 Å². The summed E-state index contributed by atoms with van der Waals surface area (Å²) in [4.78, 5) is 21.2. The highest BCUT2D eigenvalue weighted by molar-refractivity contribution is 9.10. The van der Waals surface area contributed by atoms with Crippen LogP contribution in [-0.4, -0.2) is 28.1 Å². The highest BCUT2D eigenvalue weighted by Crippen LogP contribution is 2.21. The molecule has 1 saturated heterocycles. The summed E-state index contributed by atoms with van der Waals surface area (Å²) in [5, 5.41) is 2.88. The highest BCUT2D eigenvalue weighted by atomic mass is 79.9. The third-order valence-electron chi connectivity index (χ3n) is 2.16. The van der Waals surface area contributed by atoms with Crippen LogP contribution in [0.1, 0.15) is 13.8 Å². The van der Waals surface area contributed by atoms with Crippen molar-refractivity contribution in [2.24, 2.45) is 0 Å². The normalized spacial score (nSPS) is 19.1. The van der Waals surface area contributed by atoms with Gasteiger partial charge >= 0.3 is 6.03 Å². The van der Waals surface area contributed by atoms with Gasteiger partial charge in [-0.05, 0) is 29.8 Å². The van der Waals surface area contributed by atoms with E-state index in [1.54, 1.807) is 17.3 Å². The van der Waals surface area contributed by atoms with E-state index in [0.29, 0.717) is 17.0 Å². The molecule has 2 rings (SSSR count). The number of nitrogens with one attached hydrogen (secondary N) is 1. The molecule has 0 bridgehead atoms. The van der Waals surface area contributed by atoms with Gasteiger partial charge in [-0.25, -0.2) is 14.8 Å². The van der Waals surface area contributed by atoms with Gasteiger partial charge in [0.1, 0.15) is 0 Å². The Morgan fingerprint density at radius 2 is 2.07 bits per heavy atom. The lowest BCUT2D eigenvalue weighted by molar-refractivity contribution is 0.248. The van der Waals surface area contributed by atoms with Crippen LogP contribution < -0.4 is 10.2 Å². The average molecular weight is 271 g/mol. The number of hydrogen-bond acceptors (Lipinski definition) is 3. The molecule has 15 heavy (non-hydrogen) atoms. The second-order valence-electron chi connectivity index (χ2n) is 4.11. The molecular weight excluding hydrogens is 260 g/mol. The summed E-state index contributed by atoms with van der Waals surface area (Å²) in [7, 11) is 0. The number of hydrogen-bond donors (Lipinski definition) is 1. The van der Waals surface area contributed by atoms with Crippen LogP contribution in [0.4, 0.5) is 10.5 Å².